The van der Waals surface area contributed by atoms with Crippen LogP contribution in [0.15, 0.2) is 55.0 Å². The van der Waals surface area contributed by atoms with E-state index in [9.17, 15) is 4.79 Å². The number of imidazole rings is 1. The van der Waals surface area contributed by atoms with Gasteiger partial charge in [0.1, 0.15) is 11.6 Å². The molecule has 2 heterocycles. The molecule has 1 amide bonds. The predicted octanol–water partition coefficient (Wildman–Crippen LogP) is 2.72. The van der Waals surface area contributed by atoms with E-state index in [0.29, 0.717) is 17.4 Å². The summed E-state index contributed by atoms with van der Waals surface area (Å²) in [6.45, 7) is 1.27. The molecule has 3 rings (SSSR count). The van der Waals surface area contributed by atoms with Gasteiger partial charge in [-0.25, -0.2) is 9.97 Å². The topological polar surface area (TPSA) is 77.0 Å². The van der Waals surface area contributed by atoms with E-state index in [4.69, 9.17) is 17.3 Å². The highest BCUT2D eigenvalue weighted by Gasteiger charge is 2.14. The van der Waals surface area contributed by atoms with Crippen molar-refractivity contribution in [3.05, 3.63) is 77.0 Å². The van der Waals surface area contributed by atoms with E-state index in [1.54, 1.807) is 6.20 Å². The molecule has 3 aromatic rings. The fraction of sp³-hybridized carbons (Fsp3) is 0.167. The van der Waals surface area contributed by atoms with Gasteiger partial charge < -0.3 is 15.2 Å². The van der Waals surface area contributed by atoms with Crippen LogP contribution in [0.25, 0.3) is 0 Å². The molecule has 0 atom stereocenters. The number of aromatic nitrogens is 3. The molecule has 0 saturated carbocycles. The summed E-state index contributed by atoms with van der Waals surface area (Å²) in [5, 5.41) is 0.375. The number of carbonyl (C=O) groups is 1. The van der Waals surface area contributed by atoms with Gasteiger partial charge in [-0.3, -0.25) is 4.79 Å². The van der Waals surface area contributed by atoms with Gasteiger partial charge in [-0.2, -0.15) is 0 Å². The molecule has 25 heavy (non-hydrogen) atoms. The Bertz CT molecular complexity index is 878. The van der Waals surface area contributed by atoms with Crippen molar-refractivity contribution >= 4 is 23.3 Å². The largest absolute Gasteiger partial charge is 0.366 e. The summed E-state index contributed by atoms with van der Waals surface area (Å²) in [6.07, 6.45) is 5.15. The maximum atomic E-state index is 11.2. The van der Waals surface area contributed by atoms with E-state index in [-0.39, 0.29) is 5.56 Å². The Morgan fingerprint density at radius 2 is 2.04 bits per heavy atom. The average Bonchev–Trinajstić information content (AvgIpc) is 3.02. The SMILES string of the molecule is CN(Cc1nccn1Cc1ccccc1)c1ncc(C(N)=O)cc1Cl. The van der Waals surface area contributed by atoms with Gasteiger partial charge in [0.2, 0.25) is 5.91 Å². The average molecular weight is 356 g/mol. The predicted molar refractivity (Wildman–Crippen MR) is 97.6 cm³/mol. The van der Waals surface area contributed by atoms with E-state index < -0.39 is 5.91 Å². The van der Waals surface area contributed by atoms with Gasteiger partial charge in [-0.15, -0.1) is 0 Å². The number of hydrogen-bond acceptors (Lipinski definition) is 4. The molecule has 2 aromatic heterocycles. The summed E-state index contributed by atoms with van der Waals surface area (Å²) in [5.74, 6) is 0.908. The fourth-order valence-corrected chi connectivity index (χ4v) is 2.86. The molecule has 0 spiro atoms. The van der Waals surface area contributed by atoms with Crippen LogP contribution in [0.1, 0.15) is 21.7 Å². The molecule has 0 aliphatic heterocycles. The number of anilines is 1. The highest BCUT2D eigenvalue weighted by Crippen LogP contribution is 2.24. The number of amides is 1. The van der Waals surface area contributed by atoms with Crippen LogP contribution in [0, 0.1) is 0 Å². The van der Waals surface area contributed by atoms with E-state index in [0.717, 1.165) is 12.4 Å². The van der Waals surface area contributed by atoms with E-state index in [2.05, 4.69) is 26.7 Å². The zero-order chi connectivity index (χ0) is 17.8. The van der Waals surface area contributed by atoms with Crippen molar-refractivity contribution in [1.29, 1.82) is 0 Å². The maximum absolute atomic E-state index is 11.2. The molecule has 0 fully saturated rings. The van der Waals surface area contributed by atoms with Gasteiger partial charge >= 0.3 is 0 Å². The molecule has 0 bridgehead atoms. The van der Waals surface area contributed by atoms with Crippen molar-refractivity contribution in [3.8, 4) is 0 Å². The standard InChI is InChI=1S/C18H18ClN5O/c1-23(18-15(19)9-14(10-22-18)17(20)25)12-16-21-7-8-24(16)11-13-5-3-2-4-6-13/h2-10H,11-12H2,1H3,(H2,20,25). The second-order valence-electron chi connectivity index (χ2n) is 5.71. The minimum atomic E-state index is -0.554. The van der Waals surface area contributed by atoms with Crippen LogP contribution >= 0.6 is 11.6 Å². The molecule has 0 aliphatic rings. The lowest BCUT2D eigenvalue weighted by molar-refractivity contribution is 0.1000. The molecule has 2 N–H and O–H groups in total. The minimum Gasteiger partial charge on any atom is -0.366 e. The molecular weight excluding hydrogens is 338 g/mol. The molecule has 0 aliphatic carbocycles. The molecule has 0 unspecified atom stereocenters. The first-order chi connectivity index (χ1) is 12.0. The Labute approximate surface area is 150 Å². The Hall–Kier alpha value is -2.86. The first-order valence-corrected chi connectivity index (χ1v) is 8.13. The van der Waals surface area contributed by atoms with Gasteiger partial charge in [0.25, 0.3) is 0 Å². The number of nitrogens with two attached hydrogens (primary N) is 1. The Morgan fingerprint density at radius 1 is 1.28 bits per heavy atom. The molecule has 0 saturated heterocycles. The summed E-state index contributed by atoms with van der Waals surface area (Å²) >= 11 is 6.24. The number of rotatable bonds is 6. The van der Waals surface area contributed by atoms with Gasteiger partial charge in [0.05, 0.1) is 17.1 Å². The minimum absolute atomic E-state index is 0.285. The molecule has 0 radical (unpaired) electrons. The van der Waals surface area contributed by atoms with Crippen molar-refractivity contribution in [1.82, 2.24) is 14.5 Å². The summed E-state index contributed by atoms with van der Waals surface area (Å²) in [5.41, 5.74) is 6.73. The van der Waals surface area contributed by atoms with Crippen molar-refractivity contribution in [2.45, 2.75) is 13.1 Å². The number of pyridine rings is 1. The third-order valence-electron chi connectivity index (χ3n) is 3.84. The molecule has 6 nitrogen and oxygen atoms in total. The van der Waals surface area contributed by atoms with Gasteiger partial charge in [0, 0.05) is 32.2 Å². The number of primary amides is 1. The lowest BCUT2D eigenvalue weighted by atomic mass is 10.2. The third-order valence-corrected chi connectivity index (χ3v) is 4.12. The van der Waals surface area contributed by atoms with Crippen LogP contribution in [-0.4, -0.2) is 27.5 Å². The molecule has 7 heteroatoms. The van der Waals surface area contributed by atoms with Crippen LogP contribution in [0.5, 0.6) is 0 Å². The number of carbonyl (C=O) groups excluding carboxylic acids is 1. The molecular formula is C18H18ClN5O. The fourth-order valence-electron chi connectivity index (χ4n) is 2.55. The summed E-state index contributed by atoms with van der Waals surface area (Å²) < 4.78 is 2.08. The monoisotopic (exact) mass is 355 g/mol. The summed E-state index contributed by atoms with van der Waals surface area (Å²) in [6, 6.07) is 11.7. The third kappa shape index (κ3) is 3.97. The van der Waals surface area contributed by atoms with Gasteiger partial charge in [-0.1, -0.05) is 41.9 Å². The van der Waals surface area contributed by atoms with Crippen LogP contribution in [-0.2, 0) is 13.1 Å². The lowest BCUT2D eigenvalue weighted by Crippen LogP contribution is -2.22. The Balaban J connectivity index is 1.77. The van der Waals surface area contributed by atoms with Crippen molar-refractivity contribution in [2.75, 3.05) is 11.9 Å². The highest BCUT2D eigenvalue weighted by molar-refractivity contribution is 6.33. The van der Waals surface area contributed by atoms with Gasteiger partial charge in [-0.05, 0) is 11.6 Å². The van der Waals surface area contributed by atoms with E-state index in [1.165, 1.54) is 17.8 Å². The van der Waals surface area contributed by atoms with E-state index in [1.807, 2.05) is 36.3 Å². The number of hydrogen-bond donors (Lipinski definition) is 1. The van der Waals surface area contributed by atoms with Crippen molar-refractivity contribution < 1.29 is 4.79 Å². The second kappa shape index (κ2) is 7.36. The van der Waals surface area contributed by atoms with Crippen molar-refractivity contribution in [2.24, 2.45) is 5.73 Å². The normalized spacial score (nSPS) is 10.6. The zero-order valence-corrected chi connectivity index (χ0v) is 14.5. The number of nitrogens with zero attached hydrogens (tertiary/aromatic N) is 4. The summed E-state index contributed by atoms with van der Waals surface area (Å²) in [4.78, 5) is 21.8. The quantitative estimate of drug-likeness (QED) is 0.737. The summed E-state index contributed by atoms with van der Waals surface area (Å²) in [7, 11) is 1.87. The van der Waals surface area contributed by atoms with Crippen LogP contribution in [0.4, 0.5) is 5.82 Å². The Morgan fingerprint density at radius 3 is 2.72 bits per heavy atom. The Kier molecular flexibility index (Phi) is 5.00. The smallest absolute Gasteiger partial charge is 0.250 e. The van der Waals surface area contributed by atoms with Crippen LogP contribution < -0.4 is 10.6 Å². The highest BCUT2D eigenvalue weighted by atomic mass is 35.5. The number of halogens is 1. The van der Waals surface area contributed by atoms with E-state index >= 15 is 0 Å². The van der Waals surface area contributed by atoms with Crippen molar-refractivity contribution in [3.63, 3.8) is 0 Å². The first kappa shape index (κ1) is 17.0. The molecule has 128 valence electrons. The lowest BCUT2D eigenvalue weighted by Gasteiger charge is -2.20. The van der Waals surface area contributed by atoms with Crippen LogP contribution in [0.2, 0.25) is 5.02 Å². The van der Waals surface area contributed by atoms with Crippen LogP contribution in [0.3, 0.4) is 0 Å². The first-order valence-electron chi connectivity index (χ1n) is 7.75. The second-order valence-corrected chi connectivity index (χ2v) is 6.11. The number of benzene rings is 1. The maximum Gasteiger partial charge on any atom is 0.250 e. The zero-order valence-electron chi connectivity index (χ0n) is 13.8. The molecule has 1 aromatic carbocycles. The van der Waals surface area contributed by atoms with Gasteiger partial charge in [0.15, 0.2) is 0 Å².